The monoisotopic (exact) mass is 382 g/mol. The molecule has 1 aliphatic carbocycles. The summed E-state index contributed by atoms with van der Waals surface area (Å²) in [6.07, 6.45) is 2.58. The zero-order valence-electron chi connectivity index (χ0n) is 14.2. The quantitative estimate of drug-likeness (QED) is 0.839. The van der Waals surface area contributed by atoms with E-state index in [4.69, 9.17) is 0 Å². The van der Waals surface area contributed by atoms with Crippen LogP contribution in [-0.2, 0) is 0 Å². The number of imidazole rings is 1. The summed E-state index contributed by atoms with van der Waals surface area (Å²) in [6, 6.07) is 6.09. The maximum Gasteiger partial charge on any atom is 0.251 e. The SMILES string of the molecule is Cc1nc2ccc(C(=O)NC3[C@H]4CC5C[C@H]3CN(C5)C4)cc2[nH]1.Cl.Cl. The predicted octanol–water partition coefficient (Wildman–Crippen LogP) is 2.78. The van der Waals surface area contributed by atoms with Gasteiger partial charge >= 0.3 is 0 Å². The van der Waals surface area contributed by atoms with E-state index in [2.05, 4.69) is 20.2 Å². The van der Waals surface area contributed by atoms with E-state index in [9.17, 15) is 4.79 Å². The highest BCUT2D eigenvalue weighted by Gasteiger charge is 2.47. The first-order valence-electron chi connectivity index (χ1n) is 8.65. The van der Waals surface area contributed by atoms with E-state index in [1.807, 2.05) is 25.1 Å². The molecule has 1 aromatic carbocycles. The molecule has 25 heavy (non-hydrogen) atoms. The van der Waals surface area contributed by atoms with Gasteiger partial charge in [-0.3, -0.25) is 4.79 Å². The van der Waals surface area contributed by atoms with E-state index in [1.54, 1.807) is 0 Å². The Hall–Kier alpha value is -1.30. The Labute approximate surface area is 159 Å². The minimum atomic E-state index is 0. The maximum atomic E-state index is 12.7. The van der Waals surface area contributed by atoms with Crippen LogP contribution in [0, 0.1) is 24.7 Å². The summed E-state index contributed by atoms with van der Waals surface area (Å²) in [5.74, 6) is 3.09. The second-order valence-electron chi connectivity index (χ2n) is 7.63. The first-order chi connectivity index (χ1) is 11.2. The molecule has 5 nitrogen and oxygen atoms in total. The summed E-state index contributed by atoms with van der Waals surface area (Å²) < 4.78 is 0. The van der Waals surface area contributed by atoms with Crippen molar-refractivity contribution >= 4 is 41.8 Å². The van der Waals surface area contributed by atoms with Crippen molar-refractivity contribution in [1.29, 1.82) is 0 Å². The highest BCUT2D eigenvalue weighted by Crippen LogP contribution is 2.43. The van der Waals surface area contributed by atoms with E-state index < -0.39 is 0 Å². The van der Waals surface area contributed by atoms with Crippen molar-refractivity contribution in [2.45, 2.75) is 25.8 Å². The Bertz CT molecular complexity index is 762. The van der Waals surface area contributed by atoms with Crippen LogP contribution in [0.4, 0.5) is 0 Å². The van der Waals surface area contributed by atoms with Crippen LogP contribution in [0.2, 0.25) is 0 Å². The standard InChI is InChI=1S/C18H22N4O.2ClH/c1-10-19-15-3-2-12(6-16(15)20-10)18(23)21-17-13-4-11-5-14(17)9-22(7-11)8-13;;/h2-3,6,11,13-14,17H,4-5,7-9H2,1H3,(H,19,20)(H,21,23);2*1H/t11?,13-,14-,17?;;/m0../s1. The largest absolute Gasteiger partial charge is 0.349 e. The third-order valence-electron chi connectivity index (χ3n) is 5.95. The van der Waals surface area contributed by atoms with Gasteiger partial charge in [0.15, 0.2) is 0 Å². The molecule has 1 aromatic heterocycles. The van der Waals surface area contributed by atoms with Gasteiger partial charge in [-0.05, 0) is 55.7 Å². The summed E-state index contributed by atoms with van der Waals surface area (Å²) in [5, 5.41) is 3.35. The Morgan fingerprint density at radius 2 is 1.92 bits per heavy atom. The smallest absolute Gasteiger partial charge is 0.251 e. The summed E-state index contributed by atoms with van der Waals surface area (Å²) in [7, 11) is 0. The number of nitrogens with one attached hydrogen (secondary N) is 2. The molecule has 0 spiro atoms. The van der Waals surface area contributed by atoms with Crippen molar-refractivity contribution in [3.05, 3.63) is 29.6 Å². The number of H-pyrrole nitrogens is 1. The lowest BCUT2D eigenvalue weighted by molar-refractivity contribution is -0.0418. The molecule has 136 valence electrons. The molecule has 6 rings (SSSR count). The lowest BCUT2D eigenvalue weighted by Crippen LogP contribution is -2.64. The molecule has 4 aliphatic rings. The van der Waals surface area contributed by atoms with Crippen molar-refractivity contribution in [2.75, 3.05) is 19.6 Å². The van der Waals surface area contributed by atoms with E-state index in [0.717, 1.165) is 41.4 Å². The Morgan fingerprint density at radius 1 is 1.20 bits per heavy atom. The molecule has 1 saturated carbocycles. The van der Waals surface area contributed by atoms with Gasteiger partial charge in [-0.15, -0.1) is 24.8 Å². The molecule has 7 heteroatoms. The number of aryl methyl sites for hydroxylation is 1. The van der Waals surface area contributed by atoms with Crippen LogP contribution in [-0.4, -0.2) is 46.5 Å². The van der Waals surface area contributed by atoms with Gasteiger partial charge in [0.25, 0.3) is 5.91 Å². The van der Waals surface area contributed by atoms with E-state index in [0.29, 0.717) is 17.9 Å². The number of fused-ring (bicyclic) bond motifs is 1. The van der Waals surface area contributed by atoms with Gasteiger partial charge in [0.1, 0.15) is 5.82 Å². The summed E-state index contributed by atoms with van der Waals surface area (Å²) in [4.78, 5) is 22.9. The molecule has 4 bridgehead atoms. The van der Waals surface area contributed by atoms with Gasteiger partial charge in [0.2, 0.25) is 0 Å². The minimum absolute atomic E-state index is 0. The summed E-state index contributed by atoms with van der Waals surface area (Å²) in [5.41, 5.74) is 2.59. The Balaban J connectivity index is 0.000000911. The molecule has 0 radical (unpaired) electrons. The van der Waals surface area contributed by atoms with Gasteiger partial charge in [0.05, 0.1) is 11.0 Å². The lowest BCUT2D eigenvalue weighted by atomic mass is 9.65. The molecular formula is C18H24Cl2N4O. The number of carbonyl (C=O) groups excluding carboxylic acids is 1. The predicted molar refractivity (Wildman–Crippen MR) is 103 cm³/mol. The number of halogens is 2. The average molecular weight is 383 g/mol. The zero-order chi connectivity index (χ0) is 15.6. The number of aromatic nitrogens is 2. The number of carbonyl (C=O) groups is 1. The molecule has 2 N–H and O–H groups in total. The van der Waals surface area contributed by atoms with E-state index in [1.165, 1.54) is 19.4 Å². The van der Waals surface area contributed by atoms with Crippen LogP contribution in [0.1, 0.15) is 29.0 Å². The van der Waals surface area contributed by atoms with Gasteiger partial charge in [-0.25, -0.2) is 4.98 Å². The number of piperidine rings is 3. The third kappa shape index (κ3) is 3.14. The fourth-order valence-corrected chi connectivity index (χ4v) is 5.16. The average Bonchev–Trinajstić information content (AvgIpc) is 2.89. The van der Waals surface area contributed by atoms with Crippen molar-refractivity contribution in [3.63, 3.8) is 0 Å². The number of nitrogens with zero attached hydrogens (tertiary/aromatic N) is 2. The van der Waals surface area contributed by atoms with Crippen molar-refractivity contribution in [3.8, 4) is 0 Å². The molecule has 4 fully saturated rings. The van der Waals surface area contributed by atoms with Crippen molar-refractivity contribution in [2.24, 2.45) is 17.8 Å². The normalized spacial score (nSPS) is 32.1. The molecule has 2 atom stereocenters. The Morgan fingerprint density at radius 3 is 2.60 bits per heavy atom. The topological polar surface area (TPSA) is 61.0 Å². The highest BCUT2D eigenvalue weighted by molar-refractivity contribution is 5.97. The first kappa shape index (κ1) is 18.5. The summed E-state index contributed by atoms with van der Waals surface area (Å²) in [6.45, 7) is 5.54. The van der Waals surface area contributed by atoms with Crippen LogP contribution in [0.5, 0.6) is 0 Å². The minimum Gasteiger partial charge on any atom is -0.349 e. The van der Waals surface area contributed by atoms with E-state index in [-0.39, 0.29) is 30.7 Å². The Kier molecular flexibility index (Phi) is 5.02. The van der Waals surface area contributed by atoms with Gasteiger partial charge in [-0.2, -0.15) is 0 Å². The first-order valence-corrected chi connectivity index (χ1v) is 8.65. The van der Waals surface area contributed by atoms with Crippen molar-refractivity contribution < 1.29 is 4.79 Å². The number of aromatic amines is 1. The zero-order valence-corrected chi connectivity index (χ0v) is 15.8. The van der Waals surface area contributed by atoms with Crippen molar-refractivity contribution in [1.82, 2.24) is 20.2 Å². The fourth-order valence-electron chi connectivity index (χ4n) is 5.16. The number of benzene rings is 1. The third-order valence-corrected chi connectivity index (χ3v) is 5.95. The van der Waals surface area contributed by atoms with Crippen LogP contribution >= 0.6 is 24.8 Å². The molecule has 4 heterocycles. The highest BCUT2D eigenvalue weighted by atomic mass is 35.5. The summed E-state index contributed by atoms with van der Waals surface area (Å²) >= 11 is 0. The number of amides is 1. The molecule has 3 saturated heterocycles. The maximum absolute atomic E-state index is 12.7. The van der Waals surface area contributed by atoms with Gasteiger partial charge < -0.3 is 15.2 Å². The molecule has 0 unspecified atom stereocenters. The lowest BCUT2D eigenvalue weighted by Gasteiger charge is -2.55. The second-order valence-corrected chi connectivity index (χ2v) is 7.63. The van der Waals surface area contributed by atoms with Gasteiger partial charge in [-0.1, -0.05) is 0 Å². The second kappa shape index (κ2) is 6.78. The molecule has 2 aromatic rings. The van der Waals surface area contributed by atoms with Gasteiger partial charge in [0, 0.05) is 31.2 Å². The van der Waals surface area contributed by atoms with Crippen LogP contribution in [0.3, 0.4) is 0 Å². The van der Waals surface area contributed by atoms with Crippen LogP contribution in [0.15, 0.2) is 18.2 Å². The number of rotatable bonds is 2. The number of hydrogen-bond donors (Lipinski definition) is 2. The van der Waals surface area contributed by atoms with E-state index >= 15 is 0 Å². The fraction of sp³-hybridized carbons (Fsp3) is 0.556. The molecular weight excluding hydrogens is 359 g/mol. The molecule has 3 aliphatic heterocycles. The molecule has 1 amide bonds. The number of hydrogen-bond acceptors (Lipinski definition) is 3. The van der Waals surface area contributed by atoms with Crippen LogP contribution < -0.4 is 5.32 Å². The van der Waals surface area contributed by atoms with Crippen LogP contribution in [0.25, 0.3) is 11.0 Å².